The summed E-state index contributed by atoms with van der Waals surface area (Å²) in [5.41, 5.74) is 2.52. The van der Waals surface area contributed by atoms with Gasteiger partial charge in [0.1, 0.15) is 11.5 Å². The number of likely N-dealkylation sites (N-methyl/N-ethyl adjacent to an activating group) is 1. The number of halogens is 3. The number of piperazine rings is 1. The van der Waals surface area contributed by atoms with Crippen LogP contribution in [0.2, 0.25) is 10.0 Å². The number of benzene rings is 3. The molecule has 3 amide bonds. The molecular weight excluding hydrogens is 603 g/mol. The van der Waals surface area contributed by atoms with Crippen molar-refractivity contribution in [2.24, 2.45) is 0 Å². The molecule has 3 aromatic rings. The Morgan fingerprint density at radius 3 is 2.26 bits per heavy atom. The van der Waals surface area contributed by atoms with Crippen LogP contribution in [-0.2, 0) is 17.8 Å². The van der Waals surface area contributed by atoms with Crippen molar-refractivity contribution in [1.82, 2.24) is 14.7 Å². The van der Waals surface area contributed by atoms with E-state index in [9.17, 15) is 9.59 Å². The number of amides is 3. The third-order valence-electron chi connectivity index (χ3n) is 6.64. The van der Waals surface area contributed by atoms with Gasteiger partial charge in [0.2, 0.25) is 5.91 Å². The van der Waals surface area contributed by atoms with Gasteiger partial charge in [0.15, 0.2) is 0 Å². The maximum atomic E-state index is 12.8. The smallest absolute Gasteiger partial charge is 0.321 e. The molecule has 0 unspecified atom stereocenters. The third-order valence-corrected chi connectivity index (χ3v) is 8.12. The van der Waals surface area contributed by atoms with Gasteiger partial charge >= 0.3 is 6.03 Å². The average molecular weight is 634 g/mol. The van der Waals surface area contributed by atoms with Crippen LogP contribution in [0.25, 0.3) is 0 Å². The van der Waals surface area contributed by atoms with E-state index in [2.05, 4.69) is 33.1 Å². The summed E-state index contributed by atoms with van der Waals surface area (Å²) >= 11 is 15.6. The lowest BCUT2D eigenvalue weighted by Gasteiger charge is -2.34. The lowest BCUT2D eigenvalue weighted by atomic mass is 10.1. The molecule has 206 valence electrons. The van der Waals surface area contributed by atoms with Crippen LogP contribution in [-0.4, -0.2) is 66.4 Å². The number of rotatable bonds is 8. The molecule has 39 heavy (non-hydrogen) atoms. The molecule has 1 N–H and O–H groups in total. The number of urea groups is 1. The maximum absolute atomic E-state index is 12.8. The van der Waals surface area contributed by atoms with Crippen LogP contribution in [0.1, 0.15) is 18.1 Å². The first-order valence-electron chi connectivity index (χ1n) is 12.7. The predicted molar refractivity (Wildman–Crippen MR) is 160 cm³/mol. The molecule has 1 fully saturated rings. The number of hydrogen-bond donors (Lipinski definition) is 1. The molecule has 0 spiro atoms. The number of nitrogens with zero attached hydrogens (tertiary/aromatic N) is 3. The molecule has 1 aliphatic heterocycles. The summed E-state index contributed by atoms with van der Waals surface area (Å²) in [6.45, 7) is 6.94. The van der Waals surface area contributed by atoms with Gasteiger partial charge in [-0.2, -0.15) is 0 Å². The van der Waals surface area contributed by atoms with Crippen LogP contribution in [0.15, 0.2) is 65.1 Å². The van der Waals surface area contributed by atoms with E-state index in [1.54, 1.807) is 30.1 Å². The van der Waals surface area contributed by atoms with Crippen LogP contribution in [0.5, 0.6) is 11.5 Å². The first-order chi connectivity index (χ1) is 18.7. The summed E-state index contributed by atoms with van der Waals surface area (Å²) in [5, 5.41) is 3.79. The molecule has 0 bridgehead atoms. The zero-order chi connectivity index (χ0) is 27.9. The highest BCUT2D eigenvalue weighted by Crippen LogP contribution is 2.31. The van der Waals surface area contributed by atoms with Crippen molar-refractivity contribution in [3.8, 4) is 11.5 Å². The molecule has 0 aliphatic carbocycles. The van der Waals surface area contributed by atoms with Gasteiger partial charge < -0.3 is 24.8 Å². The molecule has 0 atom stereocenters. The SMILES string of the molecule is CCN1CCN(C(=O)Cc2ccc(NC(=O)N(C)Cc3ccc(Oc4ccc(Cl)c(Cl)c4)cc3Br)cc2)CC1. The first-order valence-corrected chi connectivity index (χ1v) is 14.3. The van der Waals surface area contributed by atoms with Gasteiger partial charge in [0.05, 0.1) is 16.5 Å². The average Bonchev–Trinajstić information content (AvgIpc) is 2.93. The second kappa shape index (κ2) is 13.5. The van der Waals surface area contributed by atoms with Crippen molar-refractivity contribution in [2.45, 2.75) is 19.9 Å². The maximum Gasteiger partial charge on any atom is 0.321 e. The van der Waals surface area contributed by atoms with Gasteiger partial charge in [0.25, 0.3) is 0 Å². The number of nitrogens with one attached hydrogen (secondary N) is 1. The van der Waals surface area contributed by atoms with E-state index in [0.29, 0.717) is 40.2 Å². The van der Waals surface area contributed by atoms with Gasteiger partial charge in [-0.1, -0.05) is 64.3 Å². The van der Waals surface area contributed by atoms with Crippen LogP contribution < -0.4 is 10.1 Å². The molecule has 0 saturated carbocycles. The summed E-state index contributed by atoms with van der Waals surface area (Å²) in [7, 11) is 1.73. The molecule has 1 heterocycles. The molecule has 3 aromatic carbocycles. The topological polar surface area (TPSA) is 65.1 Å². The van der Waals surface area contributed by atoms with E-state index < -0.39 is 0 Å². The fourth-order valence-corrected chi connectivity index (χ4v) is 5.02. The molecule has 1 aliphatic rings. The van der Waals surface area contributed by atoms with E-state index in [0.717, 1.165) is 48.3 Å². The Balaban J connectivity index is 1.27. The highest BCUT2D eigenvalue weighted by atomic mass is 79.9. The van der Waals surface area contributed by atoms with Crippen LogP contribution >= 0.6 is 39.1 Å². The zero-order valence-corrected chi connectivity index (χ0v) is 25.0. The monoisotopic (exact) mass is 632 g/mol. The Morgan fingerprint density at radius 1 is 0.949 bits per heavy atom. The van der Waals surface area contributed by atoms with Crippen molar-refractivity contribution < 1.29 is 14.3 Å². The second-order valence-electron chi connectivity index (χ2n) is 9.41. The summed E-state index contributed by atoms with van der Waals surface area (Å²) in [6.07, 6.45) is 0.360. The van der Waals surface area contributed by atoms with Crippen molar-refractivity contribution >= 4 is 56.8 Å². The summed E-state index contributed by atoms with van der Waals surface area (Å²) in [5.74, 6) is 1.34. The van der Waals surface area contributed by atoms with Gasteiger partial charge in [-0.05, 0) is 54.1 Å². The number of carbonyl (C=O) groups is 2. The zero-order valence-electron chi connectivity index (χ0n) is 21.9. The Hall–Kier alpha value is -2.78. The molecular formula is C29H31BrCl2N4O3. The quantitative estimate of drug-likeness (QED) is 0.293. The standard InChI is InChI=1S/C29H31BrCl2N4O3/c1-3-35-12-14-36(15-13-35)28(37)16-20-4-7-22(8-5-20)33-29(38)34(2)19-21-6-9-23(17-25(21)30)39-24-10-11-26(31)27(32)18-24/h4-11,17-18H,3,12-16,19H2,1-2H3,(H,33,38). The van der Waals surface area contributed by atoms with Gasteiger partial charge in [-0.15, -0.1) is 0 Å². The van der Waals surface area contributed by atoms with Crippen LogP contribution in [0, 0.1) is 0 Å². The minimum Gasteiger partial charge on any atom is -0.457 e. The molecule has 7 nitrogen and oxygen atoms in total. The Morgan fingerprint density at radius 2 is 1.62 bits per heavy atom. The van der Waals surface area contributed by atoms with Gasteiger partial charge in [-0.3, -0.25) is 4.79 Å². The van der Waals surface area contributed by atoms with Crippen molar-refractivity contribution in [2.75, 3.05) is 45.1 Å². The van der Waals surface area contributed by atoms with E-state index in [1.165, 1.54) is 0 Å². The van der Waals surface area contributed by atoms with Crippen molar-refractivity contribution in [1.29, 1.82) is 0 Å². The normalized spacial score (nSPS) is 13.7. The largest absolute Gasteiger partial charge is 0.457 e. The Labute approximate surface area is 247 Å². The highest BCUT2D eigenvalue weighted by Gasteiger charge is 2.20. The number of hydrogen-bond acceptors (Lipinski definition) is 4. The van der Waals surface area contributed by atoms with E-state index in [4.69, 9.17) is 27.9 Å². The van der Waals surface area contributed by atoms with Gasteiger partial charge in [0, 0.05) is 56.0 Å². The Bertz CT molecular complexity index is 1310. The summed E-state index contributed by atoms with van der Waals surface area (Å²) < 4.78 is 6.68. The van der Waals surface area contributed by atoms with E-state index in [-0.39, 0.29) is 11.9 Å². The number of anilines is 1. The molecule has 4 rings (SSSR count). The summed E-state index contributed by atoms with van der Waals surface area (Å²) in [4.78, 5) is 31.3. The minimum atomic E-state index is -0.240. The van der Waals surface area contributed by atoms with E-state index >= 15 is 0 Å². The van der Waals surface area contributed by atoms with Crippen LogP contribution in [0.4, 0.5) is 10.5 Å². The lowest BCUT2D eigenvalue weighted by molar-refractivity contribution is -0.132. The molecule has 0 aromatic heterocycles. The first kappa shape index (κ1) is 29.2. The molecule has 1 saturated heterocycles. The lowest BCUT2D eigenvalue weighted by Crippen LogP contribution is -2.48. The van der Waals surface area contributed by atoms with Crippen molar-refractivity contribution in [3.63, 3.8) is 0 Å². The number of ether oxygens (including phenoxy) is 1. The number of carbonyl (C=O) groups excluding carboxylic acids is 2. The van der Waals surface area contributed by atoms with Gasteiger partial charge in [-0.25, -0.2) is 4.79 Å². The second-order valence-corrected chi connectivity index (χ2v) is 11.1. The fraction of sp³-hybridized carbons (Fsp3) is 0.310. The fourth-order valence-electron chi connectivity index (χ4n) is 4.25. The van der Waals surface area contributed by atoms with E-state index in [1.807, 2.05) is 47.4 Å². The molecule has 10 heteroatoms. The third kappa shape index (κ3) is 8.11. The Kier molecular flexibility index (Phi) is 10.1. The highest BCUT2D eigenvalue weighted by molar-refractivity contribution is 9.10. The van der Waals surface area contributed by atoms with Crippen molar-refractivity contribution in [3.05, 3.63) is 86.3 Å². The minimum absolute atomic E-state index is 0.140. The predicted octanol–water partition coefficient (Wildman–Crippen LogP) is 6.92. The molecule has 0 radical (unpaired) electrons. The summed E-state index contributed by atoms with van der Waals surface area (Å²) in [6, 6.07) is 17.8. The van der Waals surface area contributed by atoms with Crippen LogP contribution in [0.3, 0.4) is 0 Å².